The van der Waals surface area contributed by atoms with Crippen molar-refractivity contribution in [1.82, 2.24) is 20.5 Å². The van der Waals surface area contributed by atoms with Gasteiger partial charge in [-0.15, -0.1) is 5.10 Å². The molecule has 4 heterocycles. The lowest BCUT2D eigenvalue weighted by Gasteiger charge is -2.56. The molecule has 0 unspecified atom stereocenters. The van der Waals surface area contributed by atoms with Gasteiger partial charge in [0.15, 0.2) is 5.82 Å². The third-order valence-corrected chi connectivity index (χ3v) is 6.36. The van der Waals surface area contributed by atoms with E-state index in [2.05, 4.69) is 30.7 Å². The van der Waals surface area contributed by atoms with Crippen molar-refractivity contribution < 1.29 is 17.6 Å². The van der Waals surface area contributed by atoms with Crippen LogP contribution in [-0.2, 0) is 6.18 Å². The van der Waals surface area contributed by atoms with Crippen LogP contribution in [0.1, 0.15) is 29.8 Å². The Bertz CT molecular complexity index is 1180. The highest BCUT2D eigenvalue weighted by Gasteiger charge is 2.48. The molecule has 0 bridgehead atoms. The standard InChI is InChI=1S/C22H22F4N6/c1-12(14-4-3-5-17(19(14)23)22(24,25)26)29-20-15-6-18(28-7-16(15)13(2)30-31-20)32-10-21(11-32)8-27-9-21/h3-7,12,27H,8-11H2,1-2H3,(H,29,31)/t12-/m1/s1. The van der Waals surface area contributed by atoms with Crippen molar-refractivity contribution in [2.75, 3.05) is 36.4 Å². The van der Waals surface area contributed by atoms with Gasteiger partial charge >= 0.3 is 6.18 Å². The Kier molecular flexibility index (Phi) is 4.74. The Labute approximate surface area is 182 Å². The van der Waals surface area contributed by atoms with E-state index in [1.54, 1.807) is 13.1 Å². The first-order chi connectivity index (χ1) is 15.2. The molecule has 168 valence electrons. The Balaban J connectivity index is 1.46. The molecule has 1 aromatic carbocycles. The molecule has 2 fully saturated rings. The maximum Gasteiger partial charge on any atom is 0.419 e. The molecule has 0 amide bonds. The molecule has 3 aromatic rings. The maximum atomic E-state index is 14.6. The van der Waals surface area contributed by atoms with Crippen LogP contribution in [0.5, 0.6) is 0 Å². The molecule has 2 N–H and O–H groups in total. The lowest BCUT2D eigenvalue weighted by molar-refractivity contribution is -0.140. The van der Waals surface area contributed by atoms with Crippen molar-refractivity contribution >= 4 is 22.4 Å². The summed E-state index contributed by atoms with van der Waals surface area (Å²) in [7, 11) is 0. The molecule has 10 heteroatoms. The second-order valence-electron chi connectivity index (χ2n) is 8.75. The van der Waals surface area contributed by atoms with Crippen LogP contribution < -0.4 is 15.5 Å². The number of benzene rings is 1. The molecule has 6 nitrogen and oxygen atoms in total. The van der Waals surface area contributed by atoms with E-state index in [4.69, 9.17) is 0 Å². The van der Waals surface area contributed by atoms with Gasteiger partial charge in [0.25, 0.3) is 0 Å². The minimum absolute atomic E-state index is 0.0909. The molecule has 1 spiro atoms. The predicted octanol–water partition coefficient (Wildman–Crippen LogP) is 4.07. The van der Waals surface area contributed by atoms with Gasteiger partial charge in [0.2, 0.25) is 0 Å². The van der Waals surface area contributed by atoms with Gasteiger partial charge in [-0.25, -0.2) is 9.37 Å². The number of rotatable bonds is 4. The molecule has 2 saturated heterocycles. The fraction of sp³-hybridized carbons (Fsp3) is 0.409. The minimum atomic E-state index is -4.76. The van der Waals surface area contributed by atoms with E-state index in [1.165, 1.54) is 12.1 Å². The van der Waals surface area contributed by atoms with E-state index in [0.717, 1.165) is 48.8 Å². The Hall–Kier alpha value is -3.01. The highest BCUT2D eigenvalue weighted by Crippen LogP contribution is 2.39. The Morgan fingerprint density at radius 1 is 1.16 bits per heavy atom. The number of fused-ring (bicyclic) bond motifs is 1. The number of hydrogen-bond acceptors (Lipinski definition) is 6. The molecule has 2 aliphatic heterocycles. The largest absolute Gasteiger partial charge is 0.419 e. The van der Waals surface area contributed by atoms with Crippen molar-refractivity contribution in [3.63, 3.8) is 0 Å². The minimum Gasteiger partial charge on any atom is -0.361 e. The van der Waals surface area contributed by atoms with Crippen molar-refractivity contribution in [2.45, 2.75) is 26.1 Å². The van der Waals surface area contributed by atoms with Crippen LogP contribution in [-0.4, -0.2) is 41.4 Å². The zero-order valence-electron chi connectivity index (χ0n) is 17.6. The molecular weight excluding hydrogens is 424 g/mol. The molecular formula is C22H22F4N6. The van der Waals surface area contributed by atoms with Crippen LogP contribution in [0.2, 0.25) is 0 Å². The molecule has 2 aromatic heterocycles. The Morgan fingerprint density at radius 3 is 2.56 bits per heavy atom. The average Bonchev–Trinajstić information content (AvgIpc) is 2.67. The number of nitrogens with one attached hydrogen (secondary N) is 2. The van der Waals surface area contributed by atoms with E-state index in [9.17, 15) is 17.6 Å². The molecule has 0 radical (unpaired) electrons. The topological polar surface area (TPSA) is 66.0 Å². The summed E-state index contributed by atoms with van der Waals surface area (Å²) >= 11 is 0. The van der Waals surface area contributed by atoms with Crippen molar-refractivity contribution in [3.05, 3.63) is 53.1 Å². The zero-order valence-corrected chi connectivity index (χ0v) is 17.6. The quantitative estimate of drug-likeness (QED) is 0.589. The van der Waals surface area contributed by atoms with Gasteiger partial charge in [-0.05, 0) is 26.0 Å². The van der Waals surface area contributed by atoms with Crippen LogP contribution in [0.3, 0.4) is 0 Å². The van der Waals surface area contributed by atoms with Gasteiger partial charge in [0.05, 0.1) is 17.3 Å². The predicted molar refractivity (Wildman–Crippen MR) is 113 cm³/mol. The second kappa shape index (κ2) is 7.26. The van der Waals surface area contributed by atoms with Gasteiger partial charge in [-0.3, -0.25) is 0 Å². The second-order valence-corrected chi connectivity index (χ2v) is 8.75. The van der Waals surface area contributed by atoms with E-state index in [1.807, 2.05) is 13.0 Å². The van der Waals surface area contributed by atoms with Gasteiger partial charge in [0.1, 0.15) is 11.6 Å². The first-order valence-electron chi connectivity index (χ1n) is 10.4. The van der Waals surface area contributed by atoms with Crippen LogP contribution in [0.25, 0.3) is 10.8 Å². The third kappa shape index (κ3) is 3.42. The van der Waals surface area contributed by atoms with Crippen molar-refractivity contribution in [3.8, 4) is 0 Å². The number of anilines is 2. The smallest absolute Gasteiger partial charge is 0.361 e. The lowest BCUT2D eigenvalue weighted by atomic mass is 9.74. The van der Waals surface area contributed by atoms with Gasteiger partial charge in [-0.1, -0.05) is 12.1 Å². The van der Waals surface area contributed by atoms with Crippen LogP contribution in [0.15, 0.2) is 30.5 Å². The summed E-state index contributed by atoms with van der Waals surface area (Å²) in [5.74, 6) is -0.103. The van der Waals surface area contributed by atoms with E-state index >= 15 is 0 Å². The highest BCUT2D eigenvalue weighted by molar-refractivity contribution is 5.94. The summed E-state index contributed by atoms with van der Waals surface area (Å²) in [6.07, 6.45) is -3.03. The number of nitrogens with zero attached hydrogens (tertiary/aromatic N) is 4. The monoisotopic (exact) mass is 446 g/mol. The van der Waals surface area contributed by atoms with Gasteiger partial charge in [-0.2, -0.15) is 18.3 Å². The number of alkyl halides is 3. The van der Waals surface area contributed by atoms with Crippen LogP contribution in [0, 0.1) is 18.2 Å². The first kappa shape index (κ1) is 20.9. The van der Waals surface area contributed by atoms with Gasteiger partial charge in [0, 0.05) is 54.1 Å². The van der Waals surface area contributed by atoms with Crippen molar-refractivity contribution in [2.24, 2.45) is 5.41 Å². The van der Waals surface area contributed by atoms with E-state index < -0.39 is 23.6 Å². The molecule has 2 aliphatic rings. The highest BCUT2D eigenvalue weighted by atomic mass is 19.4. The Morgan fingerprint density at radius 2 is 1.91 bits per heavy atom. The molecule has 5 rings (SSSR count). The SMILES string of the molecule is Cc1nnc(N[C@H](C)c2cccc(C(F)(F)F)c2F)c2cc(N3CC4(CNC4)C3)ncc12. The third-order valence-electron chi connectivity index (χ3n) is 6.36. The average molecular weight is 446 g/mol. The van der Waals surface area contributed by atoms with Crippen LogP contribution in [0.4, 0.5) is 29.2 Å². The molecule has 0 saturated carbocycles. The van der Waals surface area contributed by atoms with E-state index in [-0.39, 0.29) is 5.56 Å². The number of aryl methyl sites for hydroxylation is 1. The number of halogens is 4. The number of hydrogen-bond donors (Lipinski definition) is 2. The fourth-order valence-electron chi connectivity index (χ4n) is 4.45. The summed E-state index contributed by atoms with van der Waals surface area (Å²) < 4.78 is 54.0. The maximum absolute atomic E-state index is 14.6. The molecule has 0 aliphatic carbocycles. The van der Waals surface area contributed by atoms with E-state index in [0.29, 0.717) is 16.9 Å². The summed E-state index contributed by atoms with van der Waals surface area (Å²) in [6, 6.07) is 4.43. The summed E-state index contributed by atoms with van der Waals surface area (Å²) in [6.45, 7) is 7.27. The van der Waals surface area contributed by atoms with Crippen molar-refractivity contribution in [1.29, 1.82) is 0 Å². The number of aromatic nitrogens is 3. The zero-order chi connectivity index (χ0) is 22.7. The first-order valence-corrected chi connectivity index (χ1v) is 10.4. The molecule has 32 heavy (non-hydrogen) atoms. The molecule has 1 atom stereocenters. The fourth-order valence-corrected chi connectivity index (χ4v) is 4.45. The van der Waals surface area contributed by atoms with Crippen LogP contribution >= 0.6 is 0 Å². The summed E-state index contributed by atoms with van der Waals surface area (Å²) in [5.41, 5.74) is -0.357. The summed E-state index contributed by atoms with van der Waals surface area (Å²) in [5, 5.41) is 16.2. The lowest BCUT2D eigenvalue weighted by Crippen LogP contribution is -2.71. The number of pyridine rings is 1. The summed E-state index contributed by atoms with van der Waals surface area (Å²) in [4.78, 5) is 6.76. The normalized spacial score (nSPS) is 18.4. The van der Waals surface area contributed by atoms with Gasteiger partial charge < -0.3 is 15.5 Å².